The summed E-state index contributed by atoms with van der Waals surface area (Å²) in [6, 6.07) is 0. The first-order valence-electron chi connectivity index (χ1n) is 2.12. The van der Waals surface area contributed by atoms with Gasteiger partial charge in [0.1, 0.15) is 5.70 Å². The first kappa shape index (κ1) is 5.11. The third-order valence-electron chi connectivity index (χ3n) is 0.783. The summed E-state index contributed by atoms with van der Waals surface area (Å²) in [4.78, 5) is 14.5. The average Bonchev–Trinajstić information content (AvgIpc) is 2.12. The molecule has 2 N–H and O–H groups in total. The van der Waals surface area contributed by atoms with Crippen molar-refractivity contribution in [3.63, 3.8) is 0 Å². The van der Waals surface area contributed by atoms with Crippen LogP contribution in [0.3, 0.4) is 0 Å². The van der Waals surface area contributed by atoms with Crippen molar-refractivity contribution >= 4 is 5.97 Å². The molecule has 1 aliphatic rings. The Hall–Kier alpha value is -1.03. The first-order chi connectivity index (χ1) is 3.80. The molecule has 1 aliphatic heterocycles. The van der Waals surface area contributed by atoms with Crippen molar-refractivity contribution in [1.29, 1.82) is 0 Å². The summed E-state index contributed by atoms with van der Waals surface area (Å²) in [7, 11) is 0. The van der Waals surface area contributed by atoms with Crippen LogP contribution in [0, 0.1) is 0 Å². The van der Waals surface area contributed by atoms with Crippen LogP contribution < -0.4 is 5.48 Å². The SMILES string of the molecule is O=C(O)C1=CCON1. The molecule has 0 aromatic heterocycles. The molecule has 0 unspecified atom stereocenters. The monoisotopic (exact) mass is 115 g/mol. The van der Waals surface area contributed by atoms with E-state index >= 15 is 0 Å². The molecule has 0 aromatic rings. The minimum Gasteiger partial charge on any atom is -0.477 e. The van der Waals surface area contributed by atoms with E-state index in [0.717, 1.165) is 0 Å². The summed E-state index contributed by atoms with van der Waals surface area (Å²) in [5.74, 6) is -0.984. The lowest BCUT2D eigenvalue weighted by atomic mass is 10.4. The van der Waals surface area contributed by atoms with Crippen molar-refractivity contribution in [1.82, 2.24) is 5.48 Å². The average molecular weight is 115 g/mol. The number of hydroxylamine groups is 1. The van der Waals surface area contributed by atoms with Gasteiger partial charge in [-0.1, -0.05) is 0 Å². The Balaban J connectivity index is 2.57. The Kier molecular flexibility index (Phi) is 1.17. The third-order valence-corrected chi connectivity index (χ3v) is 0.783. The van der Waals surface area contributed by atoms with Crippen LogP contribution in [0.5, 0.6) is 0 Å². The minimum atomic E-state index is -0.984. The fourth-order valence-corrected chi connectivity index (χ4v) is 0.417. The lowest BCUT2D eigenvalue weighted by molar-refractivity contribution is -0.133. The fourth-order valence-electron chi connectivity index (χ4n) is 0.417. The van der Waals surface area contributed by atoms with Crippen molar-refractivity contribution in [2.24, 2.45) is 0 Å². The quantitative estimate of drug-likeness (QED) is 0.483. The second-order valence-corrected chi connectivity index (χ2v) is 1.34. The minimum absolute atomic E-state index is 0.116. The molecule has 0 radical (unpaired) electrons. The Morgan fingerprint density at radius 3 is 3.00 bits per heavy atom. The molecule has 4 nitrogen and oxygen atoms in total. The Bertz CT molecular complexity index is 140. The smallest absolute Gasteiger partial charge is 0.354 e. The summed E-state index contributed by atoms with van der Waals surface area (Å²) in [5, 5.41) is 8.20. The zero-order chi connectivity index (χ0) is 5.98. The number of carboxylic acids is 1. The van der Waals surface area contributed by atoms with Gasteiger partial charge >= 0.3 is 5.97 Å². The van der Waals surface area contributed by atoms with Crippen LogP contribution in [-0.2, 0) is 9.63 Å². The van der Waals surface area contributed by atoms with Crippen molar-refractivity contribution in [2.45, 2.75) is 0 Å². The lowest BCUT2D eigenvalue weighted by Gasteiger charge is -1.92. The van der Waals surface area contributed by atoms with Gasteiger partial charge in [0.05, 0.1) is 6.61 Å². The molecule has 8 heavy (non-hydrogen) atoms. The highest BCUT2D eigenvalue weighted by molar-refractivity contribution is 5.85. The van der Waals surface area contributed by atoms with Gasteiger partial charge < -0.3 is 5.11 Å². The van der Waals surface area contributed by atoms with E-state index in [0.29, 0.717) is 6.61 Å². The topological polar surface area (TPSA) is 58.6 Å². The van der Waals surface area contributed by atoms with Gasteiger partial charge in [-0.3, -0.25) is 10.3 Å². The van der Waals surface area contributed by atoms with Crippen LogP contribution in [0.15, 0.2) is 11.8 Å². The third kappa shape index (κ3) is 0.788. The number of aliphatic carboxylic acids is 1. The molecular formula is C4H5NO3. The van der Waals surface area contributed by atoms with Crippen LogP contribution in [-0.4, -0.2) is 17.7 Å². The normalized spacial score (nSPS) is 17.2. The highest BCUT2D eigenvalue weighted by atomic mass is 16.7. The molecule has 1 rings (SSSR count). The zero-order valence-electron chi connectivity index (χ0n) is 4.05. The van der Waals surface area contributed by atoms with Crippen molar-refractivity contribution in [3.05, 3.63) is 11.8 Å². The summed E-state index contributed by atoms with van der Waals surface area (Å²) < 4.78 is 0. The largest absolute Gasteiger partial charge is 0.477 e. The lowest BCUT2D eigenvalue weighted by Crippen LogP contribution is -2.13. The van der Waals surface area contributed by atoms with E-state index in [9.17, 15) is 4.79 Å². The maximum Gasteiger partial charge on any atom is 0.354 e. The number of hydrogen-bond donors (Lipinski definition) is 2. The number of carbonyl (C=O) groups is 1. The standard InChI is InChI=1S/C4H5NO3/c6-4(7)3-1-2-8-5-3/h1,5H,2H2,(H,6,7). The van der Waals surface area contributed by atoms with E-state index in [2.05, 4.69) is 10.3 Å². The summed E-state index contributed by atoms with van der Waals surface area (Å²) in [6.45, 7) is 0.335. The van der Waals surface area contributed by atoms with Crippen LogP contribution in [0.25, 0.3) is 0 Å². The highest BCUT2D eigenvalue weighted by Crippen LogP contribution is 1.95. The zero-order valence-corrected chi connectivity index (χ0v) is 4.05. The van der Waals surface area contributed by atoms with E-state index in [1.807, 2.05) is 0 Å². The second-order valence-electron chi connectivity index (χ2n) is 1.34. The van der Waals surface area contributed by atoms with Gasteiger partial charge in [0.25, 0.3) is 0 Å². The number of hydrogen-bond acceptors (Lipinski definition) is 3. The van der Waals surface area contributed by atoms with E-state index < -0.39 is 5.97 Å². The van der Waals surface area contributed by atoms with Gasteiger partial charge in [0.15, 0.2) is 0 Å². The molecule has 0 atom stereocenters. The summed E-state index contributed by atoms with van der Waals surface area (Å²) in [5.41, 5.74) is 2.33. The Labute approximate surface area is 45.7 Å². The van der Waals surface area contributed by atoms with Crippen molar-refractivity contribution in [3.8, 4) is 0 Å². The van der Waals surface area contributed by atoms with Crippen LogP contribution in [0.1, 0.15) is 0 Å². The van der Waals surface area contributed by atoms with E-state index in [-0.39, 0.29) is 5.70 Å². The van der Waals surface area contributed by atoms with E-state index in [1.165, 1.54) is 6.08 Å². The van der Waals surface area contributed by atoms with Gasteiger partial charge in [-0.05, 0) is 6.08 Å². The molecule has 0 aromatic carbocycles. The maximum absolute atomic E-state index is 9.99. The molecule has 0 spiro atoms. The molecule has 0 aliphatic carbocycles. The van der Waals surface area contributed by atoms with Gasteiger partial charge in [-0.2, -0.15) is 0 Å². The van der Waals surface area contributed by atoms with E-state index in [1.54, 1.807) is 0 Å². The van der Waals surface area contributed by atoms with Gasteiger partial charge in [0.2, 0.25) is 0 Å². The molecule has 0 amide bonds. The first-order valence-corrected chi connectivity index (χ1v) is 2.12. The predicted octanol–water partition coefficient (Wildman–Crippen LogP) is -0.510. The molecule has 0 saturated heterocycles. The second kappa shape index (κ2) is 1.83. The summed E-state index contributed by atoms with van der Waals surface area (Å²) >= 11 is 0. The molecule has 0 fully saturated rings. The molecule has 4 heteroatoms. The predicted molar refractivity (Wildman–Crippen MR) is 24.8 cm³/mol. The van der Waals surface area contributed by atoms with Crippen LogP contribution in [0.2, 0.25) is 0 Å². The van der Waals surface area contributed by atoms with Crippen molar-refractivity contribution in [2.75, 3.05) is 6.61 Å². The Morgan fingerprint density at radius 2 is 2.75 bits per heavy atom. The van der Waals surface area contributed by atoms with Crippen LogP contribution in [0.4, 0.5) is 0 Å². The molecule has 0 saturated carbocycles. The number of rotatable bonds is 1. The molecule has 1 heterocycles. The van der Waals surface area contributed by atoms with Crippen molar-refractivity contribution < 1.29 is 14.7 Å². The number of carboxylic acid groups (broad SMARTS) is 1. The maximum atomic E-state index is 9.99. The Morgan fingerprint density at radius 1 is 2.00 bits per heavy atom. The van der Waals surface area contributed by atoms with E-state index in [4.69, 9.17) is 5.11 Å². The number of nitrogens with one attached hydrogen (secondary N) is 1. The van der Waals surface area contributed by atoms with Crippen LogP contribution >= 0.6 is 0 Å². The van der Waals surface area contributed by atoms with Gasteiger partial charge in [-0.15, -0.1) is 0 Å². The molecule has 44 valence electrons. The highest BCUT2D eigenvalue weighted by Gasteiger charge is 2.09. The van der Waals surface area contributed by atoms with Gasteiger partial charge in [0, 0.05) is 0 Å². The molecule has 0 bridgehead atoms. The van der Waals surface area contributed by atoms with Gasteiger partial charge in [-0.25, -0.2) is 4.79 Å². The molecular weight excluding hydrogens is 110 g/mol. The summed E-state index contributed by atoms with van der Waals surface area (Å²) in [6.07, 6.45) is 1.46. The fraction of sp³-hybridized carbons (Fsp3) is 0.250.